The highest BCUT2D eigenvalue weighted by Crippen LogP contribution is 2.33. The van der Waals surface area contributed by atoms with E-state index in [9.17, 15) is 19.2 Å². The maximum Gasteiger partial charge on any atom is 0.325 e. The number of piperidine rings is 2. The van der Waals surface area contributed by atoms with Crippen molar-refractivity contribution in [3.8, 4) is 0 Å². The number of nitrogens with zero attached hydrogens (tertiary/aromatic N) is 3. The van der Waals surface area contributed by atoms with Gasteiger partial charge in [-0.05, 0) is 44.7 Å². The Morgan fingerprint density at radius 1 is 1.13 bits per heavy atom. The third-order valence-corrected chi connectivity index (χ3v) is 7.60. The van der Waals surface area contributed by atoms with Gasteiger partial charge in [-0.1, -0.05) is 13.8 Å². The average Bonchev–Trinajstić information content (AvgIpc) is 3.28. The largest absolute Gasteiger partial charge is 0.342 e. The highest BCUT2D eigenvalue weighted by molar-refractivity contribution is 7.13. The van der Waals surface area contributed by atoms with Gasteiger partial charge in [0.25, 0.3) is 11.8 Å². The summed E-state index contributed by atoms with van der Waals surface area (Å²) in [5, 5.41) is 2.93. The van der Waals surface area contributed by atoms with Gasteiger partial charge < -0.3 is 15.1 Å². The van der Waals surface area contributed by atoms with E-state index >= 15 is 0 Å². The molecule has 1 unspecified atom stereocenters. The van der Waals surface area contributed by atoms with Crippen LogP contribution in [0.15, 0.2) is 12.1 Å². The van der Waals surface area contributed by atoms with Crippen molar-refractivity contribution >= 4 is 35.1 Å². The van der Waals surface area contributed by atoms with Gasteiger partial charge in [0.05, 0.1) is 10.9 Å². The van der Waals surface area contributed by atoms with Gasteiger partial charge in [0.15, 0.2) is 0 Å². The number of hydrogen-bond donors (Lipinski definition) is 1. The molecule has 1 spiro atoms. The number of nitrogens with one attached hydrogen (secondary N) is 1. The van der Waals surface area contributed by atoms with Crippen LogP contribution < -0.4 is 5.32 Å². The lowest BCUT2D eigenvalue weighted by molar-refractivity contribution is -0.141. The molecule has 0 aromatic carbocycles. The van der Waals surface area contributed by atoms with E-state index in [2.05, 4.69) is 5.32 Å². The van der Waals surface area contributed by atoms with Gasteiger partial charge in [0, 0.05) is 37.0 Å². The van der Waals surface area contributed by atoms with Crippen LogP contribution in [0.5, 0.6) is 0 Å². The number of aryl methyl sites for hydroxylation is 1. The van der Waals surface area contributed by atoms with E-state index in [1.807, 2.05) is 32.9 Å². The van der Waals surface area contributed by atoms with Crippen LogP contribution in [0, 0.1) is 12.8 Å². The molecule has 9 heteroatoms. The molecule has 3 saturated heterocycles. The van der Waals surface area contributed by atoms with Crippen molar-refractivity contribution in [2.45, 2.75) is 58.0 Å². The van der Waals surface area contributed by atoms with E-state index in [4.69, 9.17) is 0 Å². The van der Waals surface area contributed by atoms with Crippen molar-refractivity contribution in [3.63, 3.8) is 0 Å². The number of carbonyl (C=O) groups excluding carboxylic acids is 4. The number of thiophene rings is 1. The molecule has 1 atom stereocenters. The average molecular weight is 447 g/mol. The summed E-state index contributed by atoms with van der Waals surface area (Å²) in [6.45, 7) is 7.62. The minimum atomic E-state index is -0.929. The fourth-order valence-electron chi connectivity index (χ4n) is 4.84. The SMILES string of the molecule is Cc1ccc(C(=O)N2CCCC(N3C(=O)NC4(CCN(C(=O)C(C)C)CC4)C3=O)C2)s1. The van der Waals surface area contributed by atoms with E-state index in [0.717, 1.165) is 11.3 Å². The highest BCUT2D eigenvalue weighted by Gasteiger charge is 2.55. The lowest BCUT2D eigenvalue weighted by Crippen LogP contribution is -2.57. The fraction of sp³-hybridized carbons (Fsp3) is 0.636. The molecule has 4 rings (SSSR count). The first-order valence-electron chi connectivity index (χ1n) is 11.0. The van der Waals surface area contributed by atoms with Crippen LogP contribution in [0.1, 0.15) is 54.1 Å². The fourth-order valence-corrected chi connectivity index (χ4v) is 5.68. The van der Waals surface area contributed by atoms with E-state index in [-0.39, 0.29) is 35.7 Å². The van der Waals surface area contributed by atoms with Crippen molar-refractivity contribution in [2.75, 3.05) is 26.2 Å². The molecule has 0 bridgehead atoms. The molecule has 3 aliphatic rings. The Balaban J connectivity index is 1.44. The molecule has 1 aromatic rings. The maximum atomic E-state index is 13.4. The molecule has 5 amide bonds. The molecule has 1 N–H and O–H groups in total. The van der Waals surface area contributed by atoms with Gasteiger partial charge in [-0.15, -0.1) is 11.3 Å². The third-order valence-electron chi connectivity index (χ3n) is 6.62. The van der Waals surface area contributed by atoms with Crippen LogP contribution in [-0.4, -0.2) is 76.2 Å². The smallest absolute Gasteiger partial charge is 0.325 e. The number of rotatable bonds is 3. The molecule has 3 aliphatic heterocycles. The maximum absolute atomic E-state index is 13.4. The van der Waals surface area contributed by atoms with Crippen LogP contribution >= 0.6 is 11.3 Å². The second-order valence-electron chi connectivity index (χ2n) is 9.12. The van der Waals surface area contributed by atoms with Crippen LogP contribution in [0.3, 0.4) is 0 Å². The Bertz CT molecular complexity index is 903. The van der Waals surface area contributed by atoms with Crippen molar-refractivity contribution in [1.29, 1.82) is 0 Å². The lowest BCUT2D eigenvalue weighted by Gasteiger charge is -2.39. The number of carbonyl (C=O) groups is 4. The highest BCUT2D eigenvalue weighted by atomic mass is 32.1. The van der Waals surface area contributed by atoms with E-state index in [1.165, 1.54) is 16.2 Å². The van der Waals surface area contributed by atoms with Crippen LogP contribution in [-0.2, 0) is 9.59 Å². The molecule has 31 heavy (non-hydrogen) atoms. The van der Waals surface area contributed by atoms with Gasteiger partial charge in [-0.25, -0.2) is 4.79 Å². The zero-order valence-electron chi connectivity index (χ0n) is 18.3. The molecule has 8 nitrogen and oxygen atoms in total. The first kappa shape index (κ1) is 21.8. The summed E-state index contributed by atoms with van der Waals surface area (Å²) in [6.07, 6.45) is 2.30. The van der Waals surface area contributed by atoms with Gasteiger partial charge >= 0.3 is 6.03 Å². The molecule has 0 radical (unpaired) electrons. The Hall–Kier alpha value is -2.42. The summed E-state index contributed by atoms with van der Waals surface area (Å²) >= 11 is 1.46. The summed E-state index contributed by atoms with van der Waals surface area (Å²) in [7, 11) is 0. The zero-order chi connectivity index (χ0) is 22.3. The topological polar surface area (TPSA) is 90.0 Å². The van der Waals surface area contributed by atoms with Crippen molar-refractivity contribution in [3.05, 3.63) is 21.9 Å². The molecule has 0 aliphatic carbocycles. The Morgan fingerprint density at radius 2 is 1.84 bits per heavy atom. The molecular weight excluding hydrogens is 416 g/mol. The standard InChI is InChI=1S/C22H30N4O4S/c1-14(2)18(27)24-11-8-22(9-12-24)20(29)26(21(30)23-22)16-5-4-10-25(13-16)19(28)17-7-6-15(3)31-17/h6-7,14,16H,4-5,8-13H2,1-3H3,(H,23,30). The van der Waals surface area contributed by atoms with Crippen molar-refractivity contribution in [2.24, 2.45) is 5.92 Å². The summed E-state index contributed by atoms with van der Waals surface area (Å²) in [4.78, 5) is 58.1. The number of imide groups is 1. The quantitative estimate of drug-likeness (QED) is 0.721. The van der Waals surface area contributed by atoms with Crippen molar-refractivity contribution < 1.29 is 19.2 Å². The van der Waals surface area contributed by atoms with Gasteiger partial charge in [0.2, 0.25) is 5.91 Å². The predicted octanol–water partition coefficient (Wildman–Crippen LogP) is 2.23. The van der Waals surface area contributed by atoms with Crippen LogP contribution in [0.4, 0.5) is 4.79 Å². The van der Waals surface area contributed by atoms with E-state index < -0.39 is 5.54 Å². The molecule has 1 aromatic heterocycles. The third kappa shape index (κ3) is 3.95. The number of likely N-dealkylation sites (tertiary alicyclic amines) is 2. The summed E-state index contributed by atoms with van der Waals surface area (Å²) < 4.78 is 0. The van der Waals surface area contributed by atoms with Gasteiger partial charge in [-0.2, -0.15) is 0 Å². The second-order valence-corrected chi connectivity index (χ2v) is 10.4. The number of hydrogen-bond acceptors (Lipinski definition) is 5. The minimum absolute atomic E-state index is 0.0370. The zero-order valence-corrected chi connectivity index (χ0v) is 19.2. The minimum Gasteiger partial charge on any atom is -0.342 e. The predicted molar refractivity (Wildman–Crippen MR) is 117 cm³/mol. The van der Waals surface area contributed by atoms with Crippen LogP contribution in [0.25, 0.3) is 0 Å². The molecule has 0 saturated carbocycles. The first-order valence-corrected chi connectivity index (χ1v) is 11.8. The summed E-state index contributed by atoms with van der Waals surface area (Å²) in [6, 6.07) is 3.07. The van der Waals surface area contributed by atoms with Crippen molar-refractivity contribution in [1.82, 2.24) is 20.0 Å². The summed E-state index contributed by atoms with van der Waals surface area (Å²) in [5.74, 6) is -0.253. The number of urea groups is 1. The monoisotopic (exact) mass is 446 g/mol. The summed E-state index contributed by atoms with van der Waals surface area (Å²) in [5.41, 5.74) is -0.929. The van der Waals surface area contributed by atoms with Crippen LogP contribution in [0.2, 0.25) is 0 Å². The molecular formula is C22H30N4O4S. The molecule has 3 fully saturated rings. The first-order chi connectivity index (χ1) is 14.7. The second kappa shape index (κ2) is 8.26. The van der Waals surface area contributed by atoms with E-state index in [1.54, 1.807) is 9.80 Å². The Morgan fingerprint density at radius 3 is 2.45 bits per heavy atom. The lowest BCUT2D eigenvalue weighted by atomic mass is 9.86. The van der Waals surface area contributed by atoms with Gasteiger partial charge in [-0.3, -0.25) is 19.3 Å². The normalized spacial score (nSPS) is 23.6. The Labute approximate surface area is 186 Å². The number of amides is 5. The van der Waals surface area contributed by atoms with Gasteiger partial charge in [0.1, 0.15) is 5.54 Å². The molecule has 4 heterocycles. The Kier molecular flexibility index (Phi) is 5.81. The molecule has 168 valence electrons. The van der Waals surface area contributed by atoms with E-state index in [0.29, 0.717) is 50.3 Å².